The normalized spacial score (nSPS) is 9.29. The quantitative estimate of drug-likeness (QED) is 0.435. The van der Waals surface area contributed by atoms with Crippen LogP contribution in [0.4, 0.5) is 0 Å². The maximum Gasteiger partial charge on any atom is 0.143 e. The van der Waals surface area contributed by atoms with Gasteiger partial charge < -0.3 is 0 Å². The second-order valence-corrected chi connectivity index (χ2v) is 2.01. The molecule has 0 atom stereocenters. The monoisotopic (exact) mass is 109 g/mol. The molecule has 1 nitrogen and oxygen atoms in total. The number of aryl methyl sites for hydroxylation is 1. The number of aromatic nitrogens is 1. The third-order valence-electron chi connectivity index (χ3n) is 0.785. The number of hydrogen-bond donors (Lipinski definition) is 0. The van der Waals surface area contributed by atoms with Gasteiger partial charge >= 0.3 is 0 Å². The van der Waals surface area contributed by atoms with E-state index in [0.29, 0.717) is 5.59 Å². The summed E-state index contributed by atoms with van der Waals surface area (Å²) in [5.74, 6) is 0. The zero-order valence-corrected chi connectivity index (χ0v) is 4.83. The van der Waals surface area contributed by atoms with Gasteiger partial charge in [0.2, 0.25) is 0 Å². The summed E-state index contributed by atoms with van der Waals surface area (Å²) < 4.78 is 3.84. The summed E-state index contributed by atoms with van der Waals surface area (Å²) in [4.78, 5) is 0. The van der Waals surface area contributed by atoms with E-state index in [1.165, 1.54) is 11.5 Å². The summed E-state index contributed by atoms with van der Waals surface area (Å²) in [5, 5.41) is 1.93. The SMILES string of the molecule is [B]c1nscc1C. The first-order valence-corrected chi connectivity index (χ1v) is 2.81. The third-order valence-corrected chi connectivity index (χ3v) is 1.55. The van der Waals surface area contributed by atoms with Crippen LogP contribution in [0.1, 0.15) is 5.56 Å². The maximum absolute atomic E-state index is 5.34. The highest BCUT2D eigenvalue weighted by Gasteiger charge is 1.88. The van der Waals surface area contributed by atoms with Gasteiger partial charge in [-0.1, -0.05) is 0 Å². The Morgan fingerprint density at radius 2 is 2.57 bits per heavy atom. The van der Waals surface area contributed by atoms with E-state index in [9.17, 15) is 0 Å². The molecule has 0 bridgehead atoms. The van der Waals surface area contributed by atoms with Crippen molar-refractivity contribution in [3.05, 3.63) is 10.9 Å². The molecule has 7 heavy (non-hydrogen) atoms. The van der Waals surface area contributed by atoms with Gasteiger partial charge in [-0.2, -0.15) is 0 Å². The lowest BCUT2D eigenvalue weighted by Gasteiger charge is -1.78. The van der Waals surface area contributed by atoms with Crippen LogP contribution in [-0.4, -0.2) is 12.2 Å². The Labute approximate surface area is 47.9 Å². The molecule has 0 aliphatic rings. The topological polar surface area (TPSA) is 12.9 Å². The van der Waals surface area contributed by atoms with Gasteiger partial charge in [0.15, 0.2) is 0 Å². The zero-order chi connectivity index (χ0) is 5.28. The minimum atomic E-state index is 0.657. The molecule has 1 rings (SSSR count). The maximum atomic E-state index is 5.34. The minimum absolute atomic E-state index is 0.657. The van der Waals surface area contributed by atoms with E-state index in [0.717, 1.165) is 5.56 Å². The van der Waals surface area contributed by atoms with Crippen molar-refractivity contribution in [2.45, 2.75) is 6.92 Å². The van der Waals surface area contributed by atoms with E-state index >= 15 is 0 Å². The van der Waals surface area contributed by atoms with E-state index in [2.05, 4.69) is 4.37 Å². The Hall–Kier alpha value is -0.305. The first kappa shape index (κ1) is 4.84. The molecule has 34 valence electrons. The van der Waals surface area contributed by atoms with Gasteiger partial charge in [0, 0.05) is 11.0 Å². The average molecular weight is 109 g/mol. The largest absolute Gasteiger partial charge is 0.209 e. The molecule has 0 saturated carbocycles. The molecule has 0 fully saturated rings. The van der Waals surface area contributed by atoms with Crippen molar-refractivity contribution in [3.63, 3.8) is 0 Å². The Balaban J connectivity index is 3.12. The molecule has 1 heterocycles. The fraction of sp³-hybridized carbons (Fsp3) is 0.250. The number of hydrogen-bond acceptors (Lipinski definition) is 2. The standard InChI is InChI=1S/C4H4BNS/c1-3-2-7-6-4(3)5/h2H,1H3. The van der Waals surface area contributed by atoms with Gasteiger partial charge in [-0.3, -0.25) is 0 Å². The molecule has 0 aromatic carbocycles. The lowest BCUT2D eigenvalue weighted by molar-refractivity contribution is 1.53. The molecular formula is C4H4BNS. The Morgan fingerprint density at radius 1 is 1.86 bits per heavy atom. The summed E-state index contributed by atoms with van der Waals surface area (Å²) in [6, 6.07) is 0. The molecule has 1 aromatic rings. The van der Waals surface area contributed by atoms with Crippen LogP contribution in [0.3, 0.4) is 0 Å². The molecule has 0 aliphatic heterocycles. The van der Waals surface area contributed by atoms with Gasteiger partial charge in [0.25, 0.3) is 0 Å². The Bertz CT molecular complexity index is 144. The lowest BCUT2D eigenvalue weighted by atomic mass is 10.0. The van der Waals surface area contributed by atoms with E-state index < -0.39 is 0 Å². The second kappa shape index (κ2) is 1.66. The van der Waals surface area contributed by atoms with Crippen molar-refractivity contribution < 1.29 is 0 Å². The van der Waals surface area contributed by atoms with Gasteiger partial charge in [-0.25, -0.2) is 4.37 Å². The van der Waals surface area contributed by atoms with Crippen LogP contribution >= 0.6 is 11.5 Å². The lowest BCUT2D eigenvalue weighted by Crippen LogP contribution is -2.04. The number of nitrogens with zero attached hydrogens (tertiary/aromatic N) is 1. The van der Waals surface area contributed by atoms with Crippen LogP contribution in [-0.2, 0) is 0 Å². The highest BCUT2D eigenvalue weighted by Crippen LogP contribution is 1.92. The van der Waals surface area contributed by atoms with Crippen molar-refractivity contribution in [1.82, 2.24) is 4.37 Å². The van der Waals surface area contributed by atoms with Crippen molar-refractivity contribution >= 4 is 25.0 Å². The molecule has 0 unspecified atom stereocenters. The Kier molecular flexibility index (Phi) is 1.15. The average Bonchev–Trinajstić information content (AvgIpc) is 1.91. The van der Waals surface area contributed by atoms with Gasteiger partial charge in [0.1, 0.15) is 7.85 Å². The molecule has 3 heteroatoms. The van der Waals surface area contributed by atoms with Gasteiger partial charge in [-0.15, -0.1) is 0 Å². The van der Waals surface area contributed by atoms with Crippen molar-refractivity contribution in [2.75, 3.05) is 0 Å². The zero-order valence-electron chi connectivity index (χ0n) is 4.01. The fourth-order valence-corrected chi connectivity index (χ4v) is 0.884. The molecular weight excluding hydrogens is 105 g/mol. The first-order chi connectivity index (χ1) is 3.30. The van der Waals surface area contributed by atoms with Crippen LogP contribution in [0.2, 0.25) is 0 Å². The van der Waals surface area contributed by atoms with E-state index in [1.54, 1.807) is 0 Å². The highest BCUT2D eigenvalue weighted by atomic mass is 32.1. The van der Waals surface area contributed by atoms with Crippen molar-refractivity contribution in [3.8, 4) is 0 Å². The summed E-state index contributed by atoms with van der Waals surface area (Å²) >= 11 is 1.39. The van der Waals surface area contributed by atoms with Crippen LogP contribution in [0.15, 0.2) is 5.38 Å². The summed E-state index contributed by atoms with van der Waals surface area (Å²) in [7, 11) is 5.34. The summed E-state index contributed by atoms with van der Waals surface area (Å²) in [5.41, 5.74) is 1.73. The highest BCUT2D eigenvalue weighted by molar-refractivity contribution is 7.04. The first-order valence-electron chi connectivity index (χ1n) is 1.97. The van der Waals surface area contributed by atoms with Gasteiger partial charge in [0.05, 0.1) is 0 Å². The van der Waals surface area contributed by atoms with Crippen LogP contribution < -0.4 is 5.59 Å². The summed E-state index contributed by atoms with van der Waals surface area (Å²) in [6.45, 7) is 1.94. The third kappa shape index (κ3) is 0.827. The molecule has 0 amide bonds. The van der Waals surface area contributed by atoms with Crippen LogP contribution in [0.25, 0.3) is 0 Å². The molecule has 2 radical (unpaired) electrons. The van der Waals surface area contributed by atoms with E-state index in [-0.39, 0.29) is 0 Å². The Morgan fingerprint density at radius 3 is 2.71 bits per heavy atom. The fourth-order valence-electron chi connectivity index (χ4n) is 0.295. The molecule has 0 spiro atoms. The van der Waals surface area contributed by atoms with Crippen molar-refractivity contribution in [1.29, 1.82) is 0 Å². The molecule has 0 saturated heterocycles. The number of rotatable bonds is 0. The predicted molar refractivity (Wildman–Crippen MR) is 32.2 cm³/mol. The van der Waals surface area contributed by atoms with E-state index in [1.807, 2.05) is 12.3 Å². The van der Waals surface area contributed by atoms with Crippen LogP contribution in [0, 0.1) is 6.92 Å². The smallest absolute Gasteiger partial charge is 0.143 e. The van der Waals surface area contributed by atoms with Crippen LogP contribution in [0.5, 0.6) is 0 Å². The molecule has 0 N–H and O–H groups in total. The molecule has 0 aliphatic carbocycles. The van der Waals surface area contributed by atoms with Gasteiger partial charge in [-0.05, 0) is 24.0 Å². The predicted octanol–water partition coefficient (Wildman–Crippen LogP) is 0.245. The van der Waals surface area contributed by atoms with E-state index in [4.69, 9.17) is 7.85 Å². The molecule has 1 aromatic heterocycles. The van der Waals surface area contributed by atoms with Crippen molar-refractivity contribution in [2.24, 2.45) is 0 Å². The summed E-state index contributed by atoms with van der Waals surface area (Å²) in [6.07, 6.45) is 0. The second-order valence-electron chi connectivity index (χ2n) is 1.38. The minimum Gasteiger partial charge on any atom is -0.209 e.